The first kappa shape index (κ1) is 13.2. The van der Waals surface area contributed by atoms with Crippen molar-refractivity contribution in [3.63, 3.8) is 0 Å². The fraction of sp³-hybridized carbons (Fsp3) is 0.375. The Balaban J connectivity index is 1.78. The number of carbonyl (C=O) groups is 1. The van der Waals surface area contributed by atoms with Gasteiger partial charge < -0.3 is 9.78 Å². The number of nitrogens with one attached hydrogen (secondary N) is 1. The average molecular weight is 295 g/mol. The van der Waals surface area contributed by atoms with Crippen LogP contribution in [0.3, 0.4) is 0 Å². The zero-order valence-corrected chi connectivity index (χ0v) is 12.2. The Morgan fingerprint density at radius 1 is 1.32 bits per heavy atom. The van der Waals surface area contributed by atoms with E-state index in [1.165, 1.54) is 0 Å². The molecule has 0 unspecified atom stereocenters. The molecule has 0 aromatic carbocycles. The van der Waals surface area contributed by atoms with Gasteiger partial charge in [-0.05, 0) is 18.9 Å². The van der Waals surface area contributed by atoms with Gasteiger partial charge in [0.2, 0.25) is 0 Å². The van der Waals surface area contributed by atoms with Crippen LogP contribution in [0.4, 0.5) is 0 Å². The highest BCUT2D eigenvalue weighted by molar-refractivity contribution is 5.89. The van der Waals surface area contributed by atoms with Gasteiger partial charge in [0, 0.05) is 29.8 Å². The summed E-state index contributed by atoms with van der Waals surface area (Å²) < 4.78 is 1.98. The van der Waals surface area contributed by atoms with Crippen LogP contribution in [-0.4, -0.2) is 31.0 Å². The summed E-state index contributed by atoms with van der Waals surface area (Å²) in [6.07, 6.45) is 13.1. The van der Waals surface area contributed by atoms with Crippen LogP contribution in [0, 0.1) is 0 Å². The molecule has 0 spiro atoms. The first-order valence-corrected chi connectivity index (χ1v) is 7.60. The number of nitrogens with zero attached hydrogens (tertiary/aromatic N) is 4. The van der Waals surface area contributed by atoms with Crippen LogP contribution in [-0.2, 0) is 10.3 Å². The molecule has 3 aromatic heterocycles. The molecule has 0 bridgehead atoms. The standard InChI is InChI=1S/C16H17N5O/c22-8-6-16(4-1-2-5-16)21-10-12(9-20-21)14-13-3-7-17-15(13)19-11-18-14/h3,7-11H,1-2,4-6H2,(H,17,18,19). The van der Waals surface area contributed by atoms with E-state index in [1.807, 2.05) is 29.3 Å². The normalized spacial score (nSPS) is 17.1. The van der Waals surface area contributed by atoms with Crippen molar-refractivity contribution in [1.29, 1.82) is 0 Å². The first-order valence-electron chi connectivity index (χ1n) is 7.60. The minimum atomic E-state index is -0.149. The molecule has 1 saturated carbocycles. The summed E-state index contributed by atoms with van der Waals surface area (Å²) in [5.74, 6) is 0. The van der Waals surface area contributed by atoms with Crippen molar-refractivity contribution >= 4 is 17.3 Å². The summed E-state index contributed by atoms with van der Waals surface area (Å²) in [5, 5.41) is 5.53. The Kier molecular flexibility index (Phi) is 3.03. The van der Waals surface area contributed by atoms with Crippen molar-refractivity contribution in [3.8, 4) is 11.3 Å². The zero-order chi connectivity index (χ0) is 15.0. The van der Waals surface area contributed by atoms with Crippen LogP contribution < -0.4 is 0 Å². The third kappa shape index (κ3) is 1.94. The molecule has 6 heteroatoms. The smallest absolute Gasteiger partial charge is 0.141 e. The summed E-state index contributed by atoms with van der Waals surface area (Å²) in [6, 6.07) is 1.97. The van der Waals surface area contributed by atoms with E-state index in [-0.39, 0.29) is 5.54 Å². The predicted molar refractivity (Wildman–Crippen MR) is 82.2 cm³/mol. The third-order valence-electron chi connectivity index (χ3n) is 4.69. The molecule has 0 saturated heterocycles. The van der Waals surface area contributed by atoms with Gasteiger partial charge in [-0.2, -0.15) is 5.10 Å². The summed E-state index contributed by atoms with van der Waals surface area (Å²) in [5.41, 5.74) is 2.51. The van der Waals surface area contributed by atoms with Crippen LogP contribution in [0.25, 0.3) is 22.3 Å². The molecule has 0 atom stereocenters. The molecule has 6 nitrogen and oxygen atoms in total. The Labute approximate surface area is 127 Å². The highest BCUT2D eigenvalue weighted by atomic mass is 16.1. The summed E-state index contributed by atoms with van der Waals surface area (Å²) in [6.45, 7) is 0. The summed E-state index contributed by atoms with van der Waals surface area (Å²) in [4.78, 5) is 22.8. The number of hydrogen-bond acceptors (Lipinski definition) is 4. The summed E-state index contributed by atoms with van der Waals surface area (Å²) >= 11 is 0. The van der Waals surface area contributed by atoms with Crippen LogP contribution in [0.5, 0.6) is 0 Å². The molecule has 1 aliphatic carbocycles. The van der Waals surface area contributed by atoms with Gasteiger partial charge >= 0.3 is 0 Å². The van der Waals surface area contributed by atoms with Crippen LogP contribution >= 0.6 is 0 Å². The van der Waals surface area contributed by atoms with E-state index in [4.69, 9.17) is 0 Å². The van der Waals surface area contributed by atoms with Crippen LogP contribution in [0.2, 0.25) is 0 Å². The largest absolute Gasteiger partial charge is 0.346 e. The lowest BCUT2D eigenvalue weighted by Gasteiger charge is -2.27. The molecule has 3 heterocycles. The molecule has 112 valence electrons. The predicted octanol–water partition coefficient (Wildman–Crippen LogP) is 2.68. The Morgan fingerprint density at radius 3 is 3.00 bits per heavy atom. The Hall–Kier alpha value is -2.50. The maximum atomic E-state index is 11.1. The molecule has 3 aromatic rings. The van der Waals surface area contributed by atoms with E-state index in [0.717, 1.165) is 54.3 Å². The molecule has 4 rings (SSSR count). The van der Waals surface area contributed by atoms with Crippen molar-refractivity contribution < 1.29 is 4.79 Å². The number of carbonyl (C=O) groups excluding carboxylic acids is 1. The molecule has 0 aliphatic heterocycles. The average Bonchev–Trinajstić information content (AvgIpc) is 3.27. The second-order valence-corrected chi connectivity index (χ2v) is 5.94. The maximum absolute atomic E-state index is 11.1. The van der Waals surface area contributed by atoms with E-state index in [2.05, 4.69) is 20.1 Å². The third-order valence-corrected chi connectivity index (χ3v) is 4.69. The molecule has 1 N–H and O–H groups in total. The van der Waals surface area contributed by atoms with E-state index in [1.54, 1.807) is 6.33 Å². The SMILES string of the molecule is O=CCC1(n2cc(-c3ncnc4[nH]ccc34)cn2)CCCC1. The topological polar surface area (TPSA) is 76.5 Å². The van der Waals surface area contributed by atoms with Gasteiger partial charge in [0.15, 0.2) is 0 Å². The fourth-order valence-electron chi connectivity index (χ4n) is 3.52. The number of hydrogen-bond donors (Lipinski definition) is 1. The van der Waals surface area contributed by atoms with Crippen molar-refractivity contribution in [2.45, 2.75) is 37.6 Å². The summed E-state index contributed by atoms with van der Waals surface area (Å²) in [7, 11) is 0. The number of aldehydes is 1. The number of rotatable bonds is 4. The van der Waals surface area contributed by atoms with Crippen molar-refractivity contribution in [2.75, 3.05) is 0 Å². The van der Waals surface area contributed by atoms with Gasteiger partial charge in [0.1, 0.15) is 18.3 Å². The number of aromatic amines is 1. The first-order chi connectivity index (χ1) is 10.8. The second-order valence-electron chi connectivity index (χ2n) is 5.94. The van der Waals surface area contributed by atoms with Gasteiger partial charge in [-0.3, -0.25) is 4.68 Å². The second kappa shape index (κ2) is 5.05. The maximum Gasteiger partial charge on any atom is 0.141 e. The molecular weight excluding hydrogens is 278 g/mol. The minimum Gasteiger partial charge on any atom is -0.346 e. The van der Waals surface area contributed by atoms with E-state index in [9.17, 15) is 4.79 Å². The zero-order valence-electron chi connectivity index (χ0n) is 12.2. The van der Waals surface area contributed by atoms with Gasteiger partial charge in [-0.1, -0.05) is 12.8 Å². The van der Waals surface area contributed by atoms with Crippen molar-refractivity contribution in [2.24, 2.45) is 0 Å². The van der Waals surface area contributed by atoms with Crippen LogP contribution in [0.1, 0.15) is 32.1 Å². The van der Waals surface area contributed by atoms with Gasteiger partial charge in [-0.15, -0.1) is 0 Å². The highest BCUT2D eigenvalue weighted by Crippen LogP contribution is 2.39. The molecule has 1 fully saturated rings. The Morgan fingerprint density at radius 2 is 2.18 bits per heavy atom. The lowest BCUT2D eigenvalue weighted by atomic mass is 9.94. The van der Waals surface area contributed by atoms with E-state index in [0.29, 0.717) is 6.42 Å². The molecule has 1 aliphatic rings. The minimum absolute atomic E-state index is 0.149. The number of H-pyrrole nitrogens is 1. The molecule has 22 heavy (non-hydrogen) atoms. The Bertz CT molecular complexity index is 813. The quantitative estimate of drug-likeness (QED) is 0.751. The van der Waals surface area contributed by atoms with E-state index >= 15 is 0 Å². The van der Waals surface area contributed by atoms with Crippen molar-refractivity contribution in [3.05, 3.63) is 31.0 Å². The molecule has 0 radical (unpaired) electrons. The molecule has 0 amide bonds. The highest BCUT2D eigenvalue weighted by Gasteiger charge is 2.36. The fourth-order valence-corrected chi connectivity index (χ4v) is 3.52. The van der Waals surface area contributed by atoms with Crippen LogP contribution in [0.15, 0.2) is 31.0 Å². The monoisotopic (exact) mass is 295 g/mol. The number of aromatic nitrogens is 5. The lowest BCUT2D eigenvalue weighted by Crippen LogP contribution is -2.31. The van der Waals surface area contributed by atoms with Gasteiger partial charge in [0.25, 0.3) is 0 Å². The van der Waals surface area contributed by atoms with Gasteiger partial charge in [-0.25, -0.2) is 9.97 Å². The van der Waals surface area contributed by atoms with Gasteiger partial charge in [0.05, 0.1) is 17.4 Å². The van der Waals surface area contributed by atoms with Crippen molar-refractivity contribution in [1.82, 2.24) is 24.7 Å². The number of fused-ring (bicyclic) bond motifs is 1. The molecular formula is C16H17N5O. The van der Waals surface area contributed by atoms with E-state index < -0.39 is 0 Å². The lowest BCUT2D eigenvalue weighted by molar-refractivity contribution is -0.109.